The molecule has 9 heteroatoms. The molecule has 0 radical (unpaired) electrons. The van der Waals surface area contributed by atoms with Gasteiger partial charge in [-0.1, -0.05) is 35.9 Å². The summed E-state index contributed by atoms with van der Waals surface area (Å²) in [5.41, 5.74) is 0.311. The lowest BCUT2D eigenvalue weighted by molar-refractivity contribution is -0.119. The van der Waals surface area contributed by atoms with E-state index in [0.717, 1.165) is 95.3 Å². The molecule has 2 aliphatic rings. The fraction of sp³-hybridized carbons (Fsp3) is 0.629. The number of rotatable bonds is 14. The first-order valence-corrected chi connectivity index (χ1v) is 17.8. The minimum Gasteiger partial charge on any atom is -0.385 e. The zero-order chi connectivity index (χ0) is 31.8. The van der Waals surface area contributed by atoms with Crippen LogP contribution in [0, 0.1) is 11.8 Å². The summed E-state index contributed by atoms with van der Waals surface area (Å²) in [6.07, 6.45) is 10.5. The zero-order valence-electron chi connectivity index (χ0n) is 26.9. The van der Waals surface area contributed by atoms with E-state index < -0.39 is 11.2 Å². The molecule has 4 rings (SSSR count). The highest BCUT2D eigenvalue weighted by molar-refractivity contribution is 7.98. The number of amides is 1. The molecule has 2 heterocycles. The van der Waals surface area contributed by atoms with Crippen molar-refractivity contribution in [2.45, 2.75) is 80.8 Å². The molecular formula is C35H54ClN3O4S. The molecule has 5 N–H and O–H groups in total. The summed E-state index contributed by atoms with van der Waals surface area (Å²) in [6.45, 7) is 6.65. The number of carbonyl (C=O) groups excluding carboxylic acids is 1. The Labute approximate surface area is 274 Å². The van der Waals surface area contributed by atoms with Crippen molar-refractivity contribution in [1.82, 2.24) is 16.0 Å². The van der Waals surface area contributed by atoms with Crippen LogP contribution in [0.3, 0.4) is 0 Å². The van der Waals surface area contributed by atoms with Crippen LogP contribution in [0.25, 0.3) is 0 Å². The van der Waals surface area contributed by atoms with E-state index in [2.05, 4.69) is 46.5 Å². The molecule has 0 spiro atoms. The van der Waals surface area contributed by atoms with Gasteiger partial charge < -0.3 is 30.9 Å². The second-order valence-corrected chi connectivity index (χ2v) is 13.5. The lowest BCUT2D eigenvalue weighted by Crippen LogP contribution is -2.44. The van der Waals surface area contributed by atoms with Crippen LogP contribution in [-0.4, -0.2) is 68.8 Å². The van der Waals surface area contributed by atoms with Crippen molar-refractivity contribution in [3.05, 3.63) is 64.7 Å². The Kier molecular flexibility index (Phi) is 16.0. The van der Waals surface area contributed by atoms with Crippen molar-refractivity contribution in [3.8, 4) is 0 Å². The number of methoxy groups -OCH3 is 1. The van der Waals surface area contributed by atoms with Gasteiger partial charge >= 0.3 is 0 Å². The summed E-state index contributed by atoms with van der Waals surface area (Å²) in [6, 6.07) is 15.9. The van der Waals surface area contributed by atoms with Crippen molar-refractivity contribution in [3.63, 3.8) is 0 Å². The largest absolute Gasteiger partial charge is 0.385 e. The Hall–Kier alpha value is -1.65. The van der Waals surface area contributed by atoms with E-state index in [-0.39, 0.29) is 11.8 Å². The number of benzene rings is 2. The monoisotopic (exact) mass is 647 g/mol. The van der Waals surface area contributed by atoms with Gasteiger partial charge in [-0.05, 0) is 113 Å². The lowest BCUT2D eigenvalue weighted by Gasteiger charge is -2.39. The Morgan fingerprint density at radius 3 is 2.07 bits per heavy atom. The van der Waals surface area contributed by atoms with Crippen molar-refractivity contribution >= 4 is 29.3 Å². The third-order valence-electron chi connectivity index (χ3n) is 9.10. The maximum Gasteiger partial charge on any atom is 0.216 e. The SMILES string of the molecule is CC(=O)NCCCC(O)(c1cccc(Cl)c1)C1CCCNC1.COCCCC[C@@](O)(c1cccc(SC)c1)C1CCCNC1. The van der Waals surface area contributed by atoms with Crippen LogP contribution >= 0.6 is 23.4 Å². The molecule has 246 valence electrons. The summed E-state index contributed by atoms with van der Waals surface area (Å²) >= 11 is 7.84. The molecule has 3 unspecified atom stereocenters. The van der Waals surface area contributed by atoms with Crippen LogP contribution in [0.2, 0.25) is 5.02 Å². The summed E-state index contributed by atoms with van der Waals surface area (Å²) < 4.78 is 5.15. The molecule has 0 saturated carbocycles. The number of unbranched alkanes of at least 4 members (excludes halogenated alkanes) is 1. The second kappa shape index (κ2) is 19.1. The molecule has 2 aromatic rings. The van der Waals surface area contributed by atoms with Crippen molar-refractivity contribution in [2.75, 3.05) is 52.7 Å². The number of aliphatic hydroxyl groups is 2. The number of hydrogen-bond acceptors (Lipinski definition) is 7. The van der Waals surface area contributed by atoms with Gasteiger partial charge in [-0.15, -0.1) is 11.8 Å². The van der Waals surface area contributed by atoms with Gasteiger partial charge in [0.1, 0.15) is 0 Å². The Morgan fingerprint density at radius 1 is 0.955 bits per heavy atom. The van der Waals surface area contributed by atoms with Crippen molar-refractivity contribution in [1.29, 1.82) is 0 Å². The van der Waals surface area contributed by atoms with Crippen LogP contribution in [0.15, 0.2) is 53.4 Å². The van der Waals surface area contributed by atoms with E-state index in [4.69, 9.17) is 16.3 Å². The highest BCUT2D eigenvalue weighted by atomic mass is 35.5. The predicted molar refractivity (Wildman–Crippen MR) is 182 cm³/mol. The van der Waals surface area contributed by atoms with Crippen molar-refractivity contribution in [2.24, 2.45) is 11.8 Å². The number of thioether (sulfide) groups is 1. The first-order valence-electron chi connectivity index (χ1n) is 16.2. The summed E-state index contributed by atoms with van der Waals surface area (Å²) in [5, 5.41) is 33.2. The topological polar surface area (TPSA) is 103 Å². The van der Waals surface area contributed by atoms with E-state index in [9.17, 15) is 15.0 Å². The van der Waals surface area contributed by atoms with Crippen LogP contribution in [0.4, 0.5) is 0 Å². The number of piperidine rings is 2. The van der Waals surface area contributed by atoms with Gasteiger partial charge in [-0.3, -0.25) is 4.79 Å². The standard InChI is InChI=1S/C18H29NO2S.C17H25ClN2O2/c1-21-12-4-3-10-18(20,16-8-6-11-19-14-16)15-7-5-9-17(13-15)22-2;1-13(21)20-10-4-8-17(22,15-6-3-9-19-12-15)14-5-2-7-16(18)11-14/h5,7,9,13,16,19-20H,3-4,6,8,10-12,14H2,1-2H3;2,5,7,11,15,19,22H,3-4,6,8-10,12H2,1H3,(H,20,21)/t16?,18-;/m1./s1. The third kappa shape index (κ3) is 11.0. The Morgan fingerprint density at radius 2 is 1.55 bits per heavy atom. The highest BCUT2D eigenvalue weighted by Gasteiger charge is 2.39. The molecule has 7 nitrogen and oxygen atoms in total. The Bertz CT molecular complexity index is 1130. The van der Waals surface area contributed by atoms with E-state index in [1.54, 1.807) is 18.9 Å². The molecule has 2 aliphatic heterocycles. The van der Waals surface area contributed by atoms with Gasteiger partial charge in [-0.25, -0.2) is 0 Å². The maximum atomic E-state index is 11.5. The van der Waals surface area contributed by atoms with Crippen LogP contribution < -0.4 is 16.0 Å². The number of ether oxygens (including phenoxy) is 1. The van der Waals surface area contributed by atoms with E-state index in [1.165, 1.54) is 11.8 Å². The van der Waals surface area contributed by atoms with E-state index in [1.807, 2.05) is 24.3 Å². The van der Waals surface area contributed by atoms with E-state index >= 15 is 0 Å². The average Bonchev–Trinajstić information content (AvgIpc) is 3.06. The molecule has 2 saturated heterocycles. The summed E-state index contributed by atoms with van der Waals surface area (Å²) in [7, 11) is 1.74. The third-order valence-corrected chi connectivity index (χ3v) is 10.1. The molecule has 2 fully saturated rings. The van der Waals surface area contributed by atoms with Crippen LogP contribution in [0.1, 0.15) is 75.8 Å². The summed E-state index contributed by atoms with van der Waals surface area (Å²) in [4.78, 5) is 12.2. The lowest BCUT2D eigenvalue weighted by atomic mass is 9.74. The fourth-order valence-corrected chi connectivity index (χ4v) is 7.25. The molecule has 0 aromatic heterocycles. The fourth-order valence-electron chi connectivity index (χ4n) is 6.60. The van der Waals surface area contributed by atoms with Gasteiger partial charge in [-0.2, -0.15) is 0 Å². The molecule has 4 atom stereocenters. The van der Waals surface area contributed by atoms with Gasteiger partial charge in [0, 0.05) is 62.0 Å². The van der Waals surface area contributed by atoms with Crippen molar-refractivity contribution < 1.29 is 19.7 Å². The number of nitrogens with one attached hydrogen (secondary N) is 3. The van der Waals surface area contributed by atoms with Crippen LogP contribution in [0.5, 0.6) is 0 Å². The molecule has 0 aliphatic carbocycles. The minimum atomic E-state index is -0.906. The molecular weight excluding hydrogens is 594 g/mol. The van der Waals surface area contributed by atoms with Gasteiger partial charge in [0.05, 0.1) is 11.2 Å². The van der Waals surface area contributed by atoms with Gasteiger partial charge in [0.2, 0.25) is 5.91 Å². The zero-order valence-corrected chi connectivity index (χ0v) is 28.4. The van der Waals surface area contributed by atoms with Crippen LogP contribution in [-0.2, 0) is 20.7 Å². The molecule has 1 amide bonds. The smallest absolute Gasteiger partial charge is 0.216 e. The first kappa shape index (κ1) is 36.8. The minimum absolute atomic E-state index is 0.0365. The van der Waals surface area contributed by atoms with E-state index in [0.29, 0.717) is 23.9 Å². The first-order chi connectivity index (χ1) is 21.2. The second-order valence-electron chi connectivity index (χ2n) is 12.2. The maximum absolute atomic E-state index is 11.5. The highest BCUT2D eigenvalue weighted by Crippen LogP contribution is 2.40. The number of hydrogen-bond donors (Lipinski definition) is 5. The summed E-state index contributed by atoms with van der Waals surface area (Å²) in [5.74, 6) is 0.420. The normalized spacial score (nSPS) is 21.3. The molecule has 2 aromatic carbocycles. The number of carbonyl (C=O) groups is 1. The Balaban J connectivity index is 0.000000240. The van der Waals surface area contributed by atoms with Gasteiger partial charge in [0.15, 0.2) is 0 Å². The molecule has 44 heavy (non-hydrogen) atoms. The number of halogens is 1. The van der Waals surface area contributed by atoms with Gasteiger partial charge in [0.25, 0.3) is 0 Å². The average molecular weight is 648 g/mol. The molecule has 0 bridgehead atoms. The quantitative estimate of drug-likeness (QED) is 0.129. The predicted octanol–water partition coefficient (Wildman–Crippen LogP) is 5.86.